The van der Waals surface area contributed by atoms with Gasteiger partial charge < -0.3 is 10.2 Å². The third-order valence-electron chi connectivity index (χ3n) is 4.91. The second-order valence-electron chi connectivity index (χ2n) is 6.91. The van der Waals surface area contributed by atoms with Crippen LogP contribution in [0.3, 0.4) is 0 Å². The number of nitriles is 1. The Morgan fingerprint density at radius 3 is 2.18 bits per heavy atom. The van der Waals surface area contributed by atoms with E-state index in [4.69, 9.17) is 0 Å². The van der Waals surface area contributed by atoms with Crippen LogP contribution in [0, 0.1) is 11.3 Å². The third-order valence-corrected chi connectivity index (χ3v) is 4.91. The topological polar surface area (TPSA) is 59.4 Å². The van der Waals surface area contributed by atoms with Gasteiger partial charge in [-0.15, -0.1) is 0 Å². The Kier molecular flexibility index (Phi) is 7.22. The van der Waals surface area contributed by atoms with Gasteiger partial charge in [0.25, 0.3) is 5.91 Å². The van der Waals surface area contributed by atoms with Crippen molar-refractivity contribution in [2.45, 2.75) is 13.0 Å². The van der Waals surface area contributed by atoms with E-state index >= 15 is 0 Å². The molecule has 3 rings (SSSR count). The number of rotatable bonds is 7. The van der Waals surface area contributed by atoms with Crippen LogP contribution < -0.4 is 5.32 Å². The first-order valence-corrected chi connectivity index (χ1v) is 9.69. The first-order valence-electron chi connectivity index (χ1n) is 9.69. The zero-order chi connectivity index (χ0) is 19.6. The fraction of sp³-hybridized carbons (Fsp3) is 0.304. The summed E-state index contributed by atoms with van der Waals surface area (Å²) in [5, 5.41) is 12.5. The largest absolute Gasteiger partial charge is 0.389 e. The molecule has 0 bridgehead atoms. The molecule has 1 heterocycles. The highest BCUT2D eigenvalue weighted by Gasteiger charge is 2.23. The molecule has 1 aliphatic heterocycles. The number of hydrogen-bond donors (Lipinski definition) is 1. The van der Waals surface area contributed by atoms with Crippen LogP contribution in [0.2, 0.25) is 0 Å². The van der Waals surface area contributed by atoms with E-state index in [2.05, 4.69) is 34.5 Å². The Labute approximate surface area is 166 Å². The van der Waals surface area contributed by atoms with Crippen LogP contribution >= 0.6 is 0 Å². The van der Waals surface area contributed by atoms with Crippen molar-refractivity contribution in [2.24, 2.45) is 0 Å². The van der Waals surface area contributed by atoms with Gasteiger partial charge in [-0.2, -0.15) is 5.26 Å². The van der Waals surface area contributed by atoms with E-state index in [9.17, 15) is 10.1 Å². The average Bonchev–Trinajstić information content (AvgIpc) is 2.75. The summed E-state index contributed by atoms with van der Waals surface area (Å²) in [6, 6.07) is 22.5. The molecule has 0 aromatic heterocycles. The molecule has 1 aliphatic rings. The maximum Gasteiger partial charge on any atom is 0.266 e. The summed E-state index contributed by atoms with van der Waals surface area (Å²) in [7, 11) is 0. The van der Waals surface area contributed by atoms with Gasteiger partial charge in [-0.25, -0.2) is 0 Å². The zero-order valence-corrected chi connectivity index (χ0v) is 16.1. The predicted molar refractivity (Wildman–Crippen MR) is 110 cm³/mol. The smallest absolute Gasteiger partial charge is 0.266 e. The molecular weight excluding hydrogens is 348 g/mol. The van der Waals surface area contributed by atoms with Crippen LogP contribution in [0.15, 0.2) is 72.4 Å². The number of nitrogens with one attached hydrogen (secondary N) is 1. The monoisotopic (exact) mass is 374 g/mol. The van der Waals surface area contributed by atoms with E-state index in [0.717, 1.165) is 26.1 Å². The fourth-order valence-corrected chi connectivity index (χ4v) is 3.30. The van der Waals surface area contributed by atoms with Gasteiger partial charge >= 0.3 is 0 Å². The van der Waals surface area contributed by atoms with Crippen LogP contribution in [0.1, 0.15) is 11.1 Å². The van der Waals surface area contributed by atoms with Crippen LogP contribution in [-0.2, 0) is 17.8 Å². The highest BCUT2D eigenvalue weighted by molar-refractivity contribution is 5.97. The molecule has 5 heteroatoms. The molecule has 1 saturated heterocycles. The zero-order valence-electron chi connectivity index (χ0n) is 16.1. The van der Waals surface area contributed by atoms with Gasteiger partial charge in [0.15, 0.2) is 0 Å². The molecule has 0 atom stereocenters. The van der Waals surface area contributed by atoms with Crippen LogP contribution in [0.4, 0.5) is 0 Å². The van der Waals surface area contributed by atoms with Crippen molar-refractivity contribution in [1.29, 1.82) is 5.26 Å². The Morgan fingerprint density at radius 1 is 0.964 bits per heavy atom. The minimum absolute atomic E-state index is 0.171. The van der Waals surface area contributed by atoms with E-state index in [1.54, 1.807) is 11.1 Å². The summed E-state index contributed by atoms with van der Waals surface area (Å²) in [4.78, 5) is 16.7. The molecule has 5 nitrogen and oxygen atoms in total. The van der Waals surface area contributed by atoms with Crippen molar-refractivity contribution in [1.82, 2.24) is 15.1 Å². The third kappa shape index (κ3) is 5.70. The highest BCUT2D eigenvalue weighted by Crippen LogP contribution is 2.10. The van der Waals surface area contributed by atoms with Gasteiger partial charge in [-0.3, -0.25) is 9.69 Å². The van der Waals surface area contributed by atoms with Crippen molar-refractivity contribution < 1.29 is 4.79 Å². The van der Waals surface area contributed by atoms with E-state index in [1.165, 1.54) is 11.1 Å². The fourth-order valence-electron chi connectivity index (χ4n) is 3.30. The molecule has 1 N–H and O–H groups in total. The summed E-state index contributed by atoms with van der Waals surface area (Å²) in [6.45, 7) is 4.52. The average molecular weight is 374 g/mol. The quantitative estimate of drug-likeness (QED) is 0.460. The lowest BCUT2D eigenvalue weighted by atomic mass is 10.1. The minimum Gasteiger partial charge on any atom is -0.389 e. The van der Waals surface area contributed by atoms with E-state index in [0.29, 0.717) is 19.6 Å². The maximum absolute atomic E-state index is 12.6. The lowest BCUT2D eigenvalue weighted by Crippen LogP contribution is -2.48. The van der Waals surface area contributed by atoms with Crippen molar-refractivity contribution in [3.8, 4) is 6.07 Å². The van der Waals surface area contributed by atoms with Crippen LogP contribution in [0.5, 0.6) is 0 Å². The Morgan fingerprint density at radius 2 is 1.57 bits per heavy atom. The summed E-state index contributed by atoms with van der Waals surface area (Å²) in [6.07, 6.45) is 2.41. The number of carbonyl (C=O) groups excluding carboxylic acids is 1. The maximum atomic E-state index is 12.6. The van der Waals surface area contributed by atoms with Gasteiger partial charge in [0.2, 0.25) is 0 Å². The standard InChI is InChI=1S/C23H26N4O/c24-17-22(18-25-12-11-20-7-3-1-4-8-20)23(28)27-15-13-26(14-16-27)19-21-9-5-2-6-10-21/h1-10,18,25H,11-16,19H2/b22-18-. The van der Waals surface area contributed by atoms with Gasteiger partial charge in [-0.1, -0.05) is 60.7 Å². The molecule has 28 heavy (non-hydrogen) atoms. The first-order chi connectivity index (χ1) is 13.8. The van der Waals surface area contributed by atoms with Crippen molar-refractivity contribution in [3.05, 3.63) is 83.6 Å². The van der Waals surface area contributed by atoms with Gasteiger partial charge in [-0.05, 0) is 17.5 Å². The highest BCUT2D eigenvalue weighted by atomic mass is 16.2. The minimum atomic E-state index is -0.186. The van der Waals surface area contributed by atoms with Crippen molar-refractivity contribution in [3.63, 3.8) is 0 Å². The summed E-state index contributed by atoms with van der Waals surface area (Å²) < 4.78 is 0. The Balaban J connectivity index is 1.45. The SMILES string of the molecule is N#C/C(=C/NCCc1ccccc1)C(=O)N1CCN(Cc2ccccc2)CC1. The Hall–Kier alpha value is -3.10. The number of amides is 1. The van der Waals surface area contributed by atoms with Crippen LogP contribution in [0.25, 0.3) is 0 Å². The number of piperazine rings is 1. The lowest BCUT2D eigenvalue weighted by Gasteiger charge is -2.34. The molecular formula is C23H26N4O. The molecule has 0 aliphatic carbocycles. The predicted octanol–water partition coefficient (Wildman–Crippen LogP) is 2.57. The number of benzene rings is 2. The Bertz CT molecular complexity index is 819. The van der Waals surface area contributed by atoms with Gasteiger partial charge in [0.05, 0.1) is 0 Å². The molecule has 1 amide bonds. The number of hydrogen-bond acceptors (Lipinski definition) is 4. The normalized spacial score (nSPS) is 15.1. The van der Waals surface area contributed by atoms with E-state index in [-0.39, 0.29) is 11.5 Å². The molecule has 1 fully saturated rings. The molecule has 144 valence electrons. The van der Waals surface area contributed by atoms with Crippen molar-refractivity contribution in [2.75, 3.05) is 32.7 Å². The molecule has 0 unspecified atom stereocenters. The van der Waals surface area contributed by atoms with Crippen molar-refractivity contribution >= 4 is 5.91 Å². The molecule has 2 aromatic rings. The lowest BCUT2D eigenvalue weighted by molar-refractivity contribution is -0.128. The summed E-state index contributed by atoms with van der Waals surface area (Å²) in [5.41, 5.74) is 2.68. The van der Waals surface area contributed by atoms with E-state index in [1.807, 2.05) is 42.5 Å². The van der Waals surface area contributed by atoms with Gasteiger partial charge in [0, 0.05) is 45.5 Å². The van der Waals surface area contributed by atoms with Gasteiger partial charge in [0.1, 0.15) is 11.6 Å². The number of nitrogens with zero attached hydrogens (tertiary/aromatic N) is 3. The second kappa shape index (κ2) is 10.3. The summed E-state index contributed by atoms with van der Waals surface area (Å²) >= 11 is 0. The van der Waals surface area contributed by atoms with Crippen LogP contribution in [-0.4, -0.2) is 48.4 Å². The first kappa shape index (κ1) is 19.7. The molecule has 0 spiro atoms. The molecule has 2 aromatic carbocycles. The molecule has 0 radical (unpaired) electrons. The molecule has 0 saturated carbocycles. The second-order valence-corrected chi connectivity index (χ2v) is 6.91. The number of carbonyl (C=O) groups is 1. The summed E-state index contributed by atoms with van der Waals surface area (Å²) in [5.74, 6) is -0.186. The van der Waals surface area contributed by atoms with E-state index < -0.39 is 0 Å².